The van der Waals surface area contributed by atoms with E-state index >= 15 is 0 Å². The van der Waals surface area contributed by atoms with Gasteiger partial charge in [-0.05, 0) is 84.0 Å². The summed E-state index contributed by atoms with van der Waals surface area (Å²) in [6, 6.07) is 16.4. The molecule has 0 spiro atoms. The summed E-state index contributed by atoms with van der Waals surface area (Å²) in [6.07, 6.45) is 1.57. The van der Waals surface area contributed by atoms with Gasteiger partial charge >= 0.3 is 0 Å². The molecule has 0 aliphatic carbocycles. The Hall–Kier alpha value is -2.29. The normalized spacial score (nSPS) is 10.9. The molecule has 0 aromatic heterocycles. The average Bonchev–Trinajstić information content (AvgIpc) is 2.75. The van der Waals surface area contributed by atoms with Crippen molar-refractivity contribution in [2.75, 3.05) is 6.61 Å². The second-order valence-electron chi connectivity index (χ2n) is 6.87. The standard InChI is InChI=1S/C24H21Cl2IN2O3/c1-3-31-22-12-17(13-28-29-24(30)18-6-4-5-15(2)9-18)11-21(27)23(22)32-14-16-7-8-19(25)20(26)10-16/h4-13H,3,14H2,1-2H3,(H,29,30)/b28-13+. The van der Waals surface area contributed by atoms with Crippen LogP contribution in [0.2, 0.25) is 10.0 Å². The number of hydrogen-bond donors (Lipinski definition) is 1. The first-order valence-electron chi connectivity index (χ1n) is 9.80. The molecule has 0 atom stereocenters. The topological polar surface area (TPSA) is 59.9 Å². The van der Waals surface area contributed by atoms with Gasteiger partial charge in [0.2, 0.25) is 0 Å². The zero-order valence-corrected chi connectivity index (χ0v) is 21.2. The third-order valence-corrected chi connectivity index (χ3v) is 5.90. The SMILES string of the molecule is CCOc1cc(/C=N/NC(=O)c2cccc(C)c2)cc(I)c1OCc1ccc(Cl)c(Cl)c1. The largest absolute Gasteiger partial charge is 0.490 e. The Balaban J connectivity index is 1.73. The van der Waals surface area contributed by atoms with Crippen molar-refractivity contribution in [3.05, 3.63) is 90.5 Å². The van der Waals surface area contributed by atoms with E-state index in [1.54, 1.807) is 30.5 Å². The first-order chi connectivity index (χ1) is 15.4. The highest BCUT2D eigenvalue weighted by Gasteiger charge is 2.13. The van der Waals surface area contributed by atoms with Crippen LogP contribution in [-0.2, 0) is 6.61 Å². The molecule has 0 bridgehead atoms. The van der Waals surface area contributed by atoms with E-state index in [9.17, 15) is 4.79 Å². The Kier molecular flexibility index (Phi) is 8.78. The zero-order valence-electron chi connectivity index (χ0n) is 17.5. The molecule has 3 rings (SSSR count). The van der Waals surface area contributed by atoms with Gasteiger partial charge in [0.05, 0.1) is 26.4 Å². The summed E-state index contributed by atoms with van der Waals surface area (Å²) in [6.45, 7) is 4.62. The van der Waals surface area contributed by atoms with E-state index in [1.165, 1.54) is 0 Å². The van der Waals surface area contributed by atoms with Gasteiger partial charge in [0.1, 0.15) is 6.61 Å². The average molecular weight is 583 g/mol. The second kappa shape index (κ2) is 11.5. The first-order valence-corrected chi connectivity index (χ1v) is 11.6. The Labute approximate surface area is 210 Å². The van der Waals surface area contributed by atoms with Crippen molar-refractivity contribution in [3.63, 3.8) is 0 Å². The van der Waals surface area contributed by atoms with Crippen LogP contribution in [0.25, 0.3) is 0 Å². The van der Waals surface area contributed by atoms with E-state index in [1.807, 2.05) is 44.2 Å². The van der Waals surface area contributed by atoms with Gasteiger partial charge < -0.3 is 9.47 Å². The molecule has 166 valence electrons. The van der Waals surface area contributed by atoms with Gasteiger partial charge in [-0.15, -0.1) is 0 Å². The molecule has 1 amide bonds. The molecule has 8 heteroatoms. The maximum Gasteiger partial charge on any atom is 0.271 e. The van der Waals surface area contributed by atoms with Crippen LogP contribution < -0.4 is 14.9 Å². The Morgan fingerprint density at radius 3 is 2.62 bits per heavy atom. The molecule has 0 fully saturated rings. The highest BCUT2D eigenvalue weighted by atomic mass is 127. The predicted molar refractivity (Wildman–Crippen MR) is 137 cm³/mol. The number of halogens is 3. The van der Waals surface area contributed by atoms with E-state index in [-0.39, 0.29) is 5.91 Å². The van der Waals surface area contributed by atoms with Crippen molar-refractivity contribution >= 4 is 57.9 Å². The third-order valence-electron chi connectivity index (χ3n) is 4.36. The molecule has 0 heterocycles. The molecule has 3 aromatic carbocycles. The highest BCUT2D eigenvalue weighted by molar-refractivity contribution is 14.1. The Morgan fingerprint density at radius 1 is 1.09 bits per heavy atom. The lowest BCUT2D eigenvalue weighted by Crippen LogP contribution is -2.17. The Morgan fingerprint density at radius 2 is 1.91 bits per heavy atom. The van der Waals surface area contributed by atoms with E-state index in [0.29, 0.717) is 40.3 Å². The van der Waals surface area contributed by atoms with E-state index in [0.717, 1.165) is 20.3 Å². The lowest BCUT2D eigenvalue weighted by Gasteiger charge is -2.15. The number of hydrogen-bond acceptors (Lipinski definition) is 4. The van der Waals surface area contributed by atoms with E-state index < -0.39 is 0 Å². The maximum atomic E-state index is 12.3. The number of ether oxygens (including phenoxy) is 2. The summed E-state index contributed by atoms with van der Waals surface area (Å²) in [5.41, 5.74) is 5.77. The molecule has 5 nitrogen and oxygen atoms in total. The summed E-state index contributed by atoms with van der Waals surface area (Å²) < 4.78 is 12.6. The van der Waals surface area contributed by atoms with Gasteiger partial charge in [-0.3, -0.25) is 4.79 Å². The van der Waals surface area contributed by atoms with Gasteiger partial charge in [-0.2, -0.15) is 5.10 Å². The summed E-state index contributed by atoms with van der Waals surface area (Å²) in [5.74, 6) is 0.941. The molecule has 0 aliphatic heterocycles. The van der Waals surface area contributed by atoms with Crippen LogP contribution in [0.5, 0.6) is 11.5 Å². The number of hydrazone groups is 1. The van der Waals surface area contributed by atoms with Gasteiger partial charge in [0, 0.05) is 5.56 Å². The smallest absolute Gasteiger partial charge is 0.271 e. The fourth-order valence-corrected chi connectivity index (χ4v) is 3.97. The lowest BCUT2D eigenvalue weighted by atomic mass is 10.1. The molecule has 0 radical (unpaired) electrons. The molecular formula is C24H21Cl2IN2O3. The molecule has 32 heavy (non-hydrogen) atoms. The minimum absolute atomic E-state index is 0.272. The number of rotatable bonds is 8. The second-order valence-corrected chi connectivity index (χ2v) is 8.85. The molecule has 0 aliphatic rings. The summed E-state index contributed by atoms with van der Waals surface area (Å²) in [7, 11) is 0. The minimum Gasteiger partial charge on any atom is -0.490 e. The van der Waals surface area contributed by atoms with E-state index in [4.69, 9.17) is 32.7 Å². The van der Waals surface area contributed by atoms with Crippen molar-refractivity contribution < 1.29 is 14.3 Å². The zero-order chi connectivity index (χ0) is 23.1. The molecule has 0 unspecified atom stereocenters. The summed E-state index contributed by atoms with van der Waals surface area (Å²) >= 11 is 14.2. The molecule has 3 aromatic rings. The number of amides is 1. The van der Waals surface area contributed by atoms with Gasteiger partial charge in [-0.1, -0.05) is 47.0 Å². The van der Waals surface area contributed by atoms with Crippen molar-refractivity contribution in [1.29, 1.82) is 0 Å². The summed E-state index contributed by atoms with van der Waals surface area (Å²) in [5, 5.41) is 5.06. The van der Waals surface area contributed by atoms with Gasteiger partial charge in [0.15, 0.2) is 11.5 Å². The first kappa shape index (κ1) is 24.4. The van der Waals surface area contributed by atoms with Crippen LogP contribution in [-0.4, -0.2) is 18.7 Å². The van der Waals surface area contributed by atoms with Gasteiger partial charge in [0.25, 0.3) is 5.91 Å². The van der Waals surface area contributed by atoms with Crippen molar-refractivity contribution in [2.45, 2.75) is 20.5 Å². The number of benzene rings is 3. The fourth-order valence-electron chi connectivity index (χ4n) is 2.87. The number of carbonyl (C=O) groups excluding carboxylic acids is 1. The number of aryl methyl sites for hydroxylation is 1. The third kappa shape index (κ3) is 6.60. The van der Waals surface area contributed by atoms with Crippen LogP contribution in [0, 0.1) is 10.5 Å². The Bertz CT molecular complexity index is 1150. The van der Waals surface area contributed by atoms with Crippen LogP contribution in [0.3, 0.4) is 0 Å². The minimum atomic E-state index is -0.272. The van der Waals surface area contributed by atoms with Crippen LogP contribution in [0.4, 0.5) is 0 Å². The van der Waals surface area contributed by atoms with Crippen molar-refractivity contribution in [1.82, 2.24) is 5.43 Å². The molecular weight excluding hydrogens is 562 g/mol. The maximum absolute atomic E-state index is 12.3. The number of carbonyl (C=O) groups is 1. The predicted octanol–water partition coefficient (Wildman–Crippen LogP) is 6.65. The van der Waals surface area contributed by atoms with E-state index in [2.05, 4.69) is 33.1 Å². The molecule has 1 N–H and O–H groups in total. The monoisotopic (exact) mass is 582 g/mol. The summed E-state index contributed by atoms with van der Waals surface area (Å²) in [4.78, 5) is 12.3. The molecule has 0 saturated carbocycles. The lowest BCUT2D eigenvalue weighted by molar-refractivity contribution is 0.0955. The van der Waals surface area contributed by atoms with Crippen LogP contribution >= 0.6 is 45.8 Å². The number of nitrogens with one attached hydrogen (secondary N) is 1. The van der Waals surface area contributed by atoms with Crippen LogP contribution in [0.15, 0.2) is 59.7 Å². The quantitative estimate of drug-likeness (QED) is 0.184. The van der Waals surface area contributed by atoms with Crippen LogP contribution in [0.1, 0.15) is 34.0 Å². The van der Waals surface area contributed by atoms with Crippen molar-refractivity contribution in [2.24, 2.45) is 5.10 Å². The van der Waals surface area contributed by atoms with Crippen molar-refractivity contribution in [3.8, 4) is 11.5 Å². The highest BCUT2D eigenvalue weighted by Crippen LogP contribution is 2.35. The van der Waals surface area contributed by atoms with Gasteiger partial charge in [-0.25, -0.2) is 5.43 Å². The number of nitrogens with zero attached hydrogens (tertiary/aromatic N) is 1. The molecule has 0 saturated heterocycles. The fraction of sp³-hybridized carbons (Fsp3) is 0.167.